The summed E-state index contributed by atoms with van der Waals surface area (Å²) >= 11 is 0. The van der Waals surface area contributed by atoms with Gasteiger partial charge in [0.25, 0.3) is 5.56 Å². The smallest absolute Gasteiger partial charge is 0.252 e. The molecule has 182 valence electrons. The topological polar surface area (TPSA) is 79.7 Å². The van der Waals surface area contributed by atoms with Crippen molar-refractivity contribution in [2.45, 2.75) is 77.5 Å². The fourth-order valence-corrected chi connectivity index (χ4v) is 5.46. The molecule has 7 heteroatoms. The Kier molecular flexibility index (Phi) is 7.04. The molecule has 0 radical (unpaired) electrons. The monoisotopic (exact) mass is 470 g/mol. The molecule has 1 aliphatic rings. The molecule has 7 nitrogen and oxygen atoms in total. The van der Waals surface area contributed by atoms with Gasteiger partial charge >= 0.3 is 0 Å². The number of aromatic amines is 1. The molecule has 0 spiro atoms. The van der Waals surface area contributed by atoms with Gasteiger partial charge in [-0.2, -0.15) is 0 Å². The number of aromatic nitrogens is 5. The van der Waals surface area contributed by atoms with Gasteiger partial charge in [-0.3, -0.25) is 9.69 Å². The second kappa shape index (κ2) is 10.5. The number of H-pyrrole nitrogens is 1. The van der Waals surface area contributed by atoms with Crippen LogP contribution in [0.25, 0.3) is 10.9 Å². The number of nitrogens with zero attached hydrogens (tertiary/aromatic N) is 5. The molecule has 0 aliphatic heterocycles. The van der Waals surface area contributed by atoms with Crippen molar-refractivity contribution in [3.63, 3.8) is 0 Å². The highest BCUT2D eigenvalue weighted by Gasteiger charge is 2.32. The maximum Gasteiger partial charge on any atom is 0.252 e. The quantitative estimate of drug-likeness (QED) is 0.374. The second-order valence-corrected chi connectivity index (χ2v) is 9.74. The van der Waals surface area contributed by atoms with Crippen LogP contribution in [0.15, 0.2) is 59.4 Å². The number of hydrogen-bond donors (Lipinski definition) is 1. The number of hydrogen-bond acceptors (Lipinski definition) is 5. The molecule has 0 unspecified atom stereocenters. The Morgan fingerprint density at radius 3 is 2.69 bits per heavy atom. The van der Waals surface area contributed by atoms with E-state index in [9.17, 15) is 4.79 Å². The van der Waals surface area contributed by atoms with Crippen LogP contribution in [0.1, 0.15) is 67.6 Å². The van der Waals surface area contributed by atoms with Crippen molar-refractivity contribution in [1.29, 1.82) is 0 Å². The van der Waals surface area contributed by atoms with Gasteiger partial charge < -0.3 is 4.98 Å². The van der Waals surface area contributed by atoms with Crippen LogP contribution in [-0.4, -0.2) is 36.1 Å². The summed E-state index contributed by atoms with van der Waals surface area (Å²) in [7, 11) is 0. The predicted octanol–water partition coefficient (Wildman–Crippen LogP) is 4.96. The molecule has 0 saturated heterocycles. The van der Waals surface area contributed by atoms with E-state index in [0.29, 0.717) is 12.6 Å². The number of pyridine rings is 1. The van der Waals surface area contributed by atoms with Gasteiger partial charge in [-0.05, 0) is 71.7 Å². The molecule has 0 amide bonds. The number of aryl methyl sites for hydroxylation is 3. The summed E-state index contributed by atoms with van der Waals surface area (Å²) in [5, 5.41) is 14.0. The van der Waals surface area contributed by atoms with E-state index >= 15 is 0 Å². The Morgan fingerprint density at radius 1 is 1.11 bits per heavy atom. The molecule has 1 saturated carbocycles. The molecule has 4 aromatic rings. The van der Waals surface area contributed by atoms with Gasteiger partial charge in [0, 0.05) is 30.2 Å². The van der Waals surface area contributed by atoms with Gasteiger partial charge in [0.15, 0.2) is 5.82 Å². The third-order valence-corrected chi connectivity index (χ3v) is 7.32. The average Bonchev–Trinajstić information content (AvgIpc) is 3.56. The first-order valence-corrected chi connectivity index (χ1v) is 12.8. The number of fused-ring (bicyclic) bond motifs is 1. The Bertz CT molecular complexity index is 1320. The van der Waals surface area contributed by atoms with Crippen LogP contribution in [0.4, 0.5) is 0 Å². The Morgan fingerprint density at radius 2 is 1.91 bits per heavy atom. The van der Waals surface area contributed by atoms with E-state index in [2.05, 4.69) is 74.8 Å². The zero-order valence-electron chi connectivity index (χ0n) is 20.7. The van der Waals surface area contributed by atoms with E-state index in [4.69, 9.17) is 0 Å². The Hall–Kier alpha value is -3.32. The molecule has 35 heavy (non-hydrogen) atoms. The highest BCUT2D eigenvalue weighted by atomic mass is 16.1. The SMILES string of the molecule is CC[C@@H](c1nnnn1CCc1ccccc1)N(Cc1cc2ccc(C)cc2[nH]c1=O)C1CCCC1. The first-order valence-electron chi connectivity index (χ1n) is 12.8. The summed E-state index contributed by atoms with van der Waals surface area (Å²) in [4.78, 5) is 18.7. The predicted molar refractivity (Wildman–Crippen MR) is 138 cm³/mol. The number of tetrazole rings is 1. The fraction of sp³-hybridized carbons (Fsp3) is 0.429. The molecule has 5 rings (SSSR count). The Balaban J connectivity index is 1.45. The van der Waals surface area contributed by atoms with Crippen molar-refractivity contribution >= 4 is 10.9 Å². The van der Waals surface area contributed by atoms with Crippen LogP contribution < -0.4 is 5.56 Å². The van der Waals surface area contributed by atoms with Crippen LogP contribution in [-0.2, 0) is 19.5 Å². The van der Waals surface area contributed by atoms with E-state index in [1.165, 1.54) is 18.4 Å². The fourth-order valence-electron chi connectivity index (χ4n) is 5.46. The minimum absolute atomic E-state index is 0.00961. The highest BCUT2D eigenvalue weighted by Crippen LogP contribution is 2.33. The minimum Gasteiger partial charge on any atom is -0.322 e. The summed E-state index contributed by atoms with van der Waals surface area (Å²) in [6.45, 7) is 5.56. The van der Waals surface area contributed by atoms with Crippen molar-refractivity contribution in [3.8, 4) is 0 Å². The first-order chi connectivity index (χ1) is 17.1. The van der Waals surface area contributed by atoms with Gasteiger partial charge in [0.2, 0.25) is 0 Å². The Labute approximate surface area is 206 Å². The molecule has 2 aromatic heterocycles. The lowest BCUT2D eigenvalue weighted by Crippen LogP contribution is -2.39. The molecule has 1 atom stereocenters. The minimum atomic E-state index is -0.00961. The lowest BCUT2D eigenvalue weighted by molar-refractivity contribution is 0.112. The number of benzene rings is 2. The van der Waals surface area contributed by atoms with Crippen molar-refractivity contribution in [3.05, 3.63) is 87.5 Å². The lowest BCUT2D eigenvalue weighted by Gasteiger charge is -2.35. The van der Waals surface area contributed by atoms with Gasteiger partial charge in [0.05, 0.1) is 6.04 Å². The van der Waals surface area contributed by atoms with E-state index in [1.807, 2.05) is 23.7 Å². The summed E-state index contributed by atoms with van der Waals surface area (Å²) in [6, 6.07) is 19.2. The van der Waals surface area contributed by atoms with Crippen LogP contribution in [0.3, 0.4) is 0 Å². The summed E-state index contributed by atoms with van der Waals surface area (Å²) in [6.07, 6.45) is 6.50. The lowest BCUT2D eigenvalue weighted by atomic mass is 10.0. The van der Waals surface area contributed by atoms with Crippen molar-refractivity contribution in [1.82, 2.24) is 30.1 Å². The molecule has 1 fully saturated rings. The van der Waals surface area contributed by atoms with Gasteiger partial charge in [0.1, 0.15) is 0 Å². The van der Waals surface area contributed by atoms with Crippen LogP contribution in [0.2, 0.25) is 0 Å². The standard InChI is InChI=1S/C28H34N6O/c1-3-26(27-30-31-32-34(27)16-15-21-9-5-4-6-10-21)33(24-11-7-8-12-24)19-23-18-22-14-13-20(2)17-25(22)29-28(23)35/h4-6,9-10,13-14,17-18,24,26H,3,7-8,11-12,15-16,19H2,1-2H3,(H,29,35)/t26-/m0/s1. The average molecular weight is 471 g/mol. The second-order valence-electron chi connectivity index (χ2n) is 9.74. The zero-order chi connectivity index (χ0) is 24.2. The zero-order valence-corrected chi connectivity index (χ0v) is 20.7. The third kappa shape index (κ3) is 5.20. The summed E-state index contributed by atoms with van der Waals surface area (Å²) in [5.74, 6) is 0.892. The molecule has 1 N–H and O–H groups in total. The molecule has 1 aliphatic carbocycles. The summed E-state index contributed by atoms with van der Waals surface area (Å²) in [5.41, 5.74) is 4.09. The number of rotatable bonds is 9. The number of nitrogens with one attached hydrogen (secondary N) is 1. The molecule has 2 aromatic carbocycles. The van der Waals surface area contributed by atoms with Crippen LogP contribution >= 0.6 is 0 Å². The van der Waals surface area contributed by atoms with Gasteiger partial charge in [-0.25, -0.2) is 4.68 Å². The van der Waals surface area contributed by atoms with E-state index in [1.54, 1.807) is 0 Å². The first kappa shape index (κ1) is 23.4. The van der Waals surface area contributed by atoms with E-state index in [-0.39, 0.29) is 11.6 Å². The maximum absolute atomic E-state index is 13.1. The van der Waals surface area contributed by atoms with Crippen molar-refractivity contribution in [2.75, 3.05) is 0 Å². The molecular formula is C28H34N6O. The normalized spacial score (nSPS) is 15.3. The molecular weight excluding hydrogens is 436 g/mol. The highest BCUT2D eigenvalue weighted by molar-refractivity contribution is 5.79. The largest absolute Gasteiger partial charge is 0.322 e. The van der Waals surface area contributed by atoms with Gasteiger partial charge in [-0.15, -0.1) is 5.10 Å². The summed E-state index contributed by atoms with van der Waals surface area (Å²) < 4.78 is 1.95. The maximum atomic E-state index is 13.1. The van der Waals surface area contributed by atoms with Gasteiger partial charge in [-0.1, -0.05) is 62.2 Å². The van der Waals surface area contributed by atoms with E-state index in [0.717, 1.165) is 60.1 Å². The van der Waals surface area contributed by atoms with E-state index < -0.39 is 0 Å². The van der Waals surface area contributed by atoms with Crippen LogP contribution in [0.5, 0.6) is 0 Å². The molecule has 0 bridgehead atoms. The third-order valence-electron chi connectivity index (χ3n) is 7.32. The van der Waals surface area contributed by atoms with Crippen molar-refractivity contribution in [2.24, 2.45) is 0 Å². The molecule has 2 heterocycles. The van der Waals surface area contributed by atoms with Crippen molar-refractivity contribution < 1.29 is 0 Å². The van der Waals surface area contributed by atoms with Crippen LogP contribution in [0, 0.1) is 6.92 Å².